The number of aryl methyl sites for hydroxylation is 1. The van der Waals surface area contributed by atoms with Gasteiger partial charge in [0.1, 0.15) is 17.2 Å². The first-order valence-electron chi connectivity index (χ1n) is 13.8. The molecule has 1 saturated carbocycles. The Labute approximate surface area is 235 Å². The summed E-state index contributed by atoms with van der Waals surface area (Å²) in [6.07, 6.45) is 6.56. The van der Waals surface area contributed by atoms with Crippen molar-refractivity contribution in [3.63, 3.8) is 0 Å². The lowest BCUT2D eigenvalue weighted by atomic mass is 9.74. The molecule has 9 nitrogen and oxygen atoms in total. The van der Waals surface area contributed by atoms with Gasteiger partial charge in [-0.1, -0.05) is 19.1 Å². The Kier molecular flexibility index (Phi) is 6.95. The highest BCUT2D eigenvalue weighted by Gasteiger charge is 2.42. The molecule has 0 radical (unpaired) electrons. The van der Waals surface area contributed by atoms with E-state index in [1.807, 2.05) is 25.1 Å². The maximum atomic E-state index is 12.9. The number of nitrogens with zero attached hydrogens (tertiary/aromatic N) is 4. The highest BCUT2D eigenvalue weighted by molar-refractivity contribution is 5.95. The molecular formula is C30H31F2N5O4. The van der Waals surface area contributed by atoms with E-state index in [2.05, 4.69) is 24.6 Å². The number of ether oxygens (including phenoxy) is 1. The van der Waals surface area contributed by atoms with Gasteiger partial charge in [0.15, 0.2) is 5.82 Å². The average molecular weight is 564 g/mol. The summed E-state index contributed by atoms with van der Waals surface area (Å²) in [6.45, 7) is -0.361. The molecule has 4 aromatic rings. The van der Waals surface area contributed by atoms with Crippen LogP contribution in [0.15, 0.2) is 54.9 Å². The fraction of sp³-hybridized carbons (Fsp3) is 0.400. The first-order valence-corrected chi connectivity index (χ1v) is 13.8. The summed E-state index contributed by atoms with van der Waals surface area (Å²) in [4.78, 5) is 26.6. The molecule has 1 amide bonds. The Morgan fingerprint density at radius 3 is 2.56 bits per heavy atom. The zero-order valence-corrected chi connectivity index (χ0v) is 22.6. The van der Waals surface area contributed by atoms with Crippen LogP contribution in [0.2, 0.25) is 0 Å². The monoisotopic (exact) mass is 563 g/mol. The number of aliphatic hydroxyl groups is 2. The fourth-order valence-electron chi connectivity index (χ4n) is 5.82. The van der Waals surface area contributed by atoms with Crippen LogP contribution in [-0.4, -0.2) is 47.9 Å². The van der Waals surface area contributed by atoms with Gasteiger partial charge < -0.3 is 24.8 Å². The van der Waals surface area contributed by atoms with Gasteiger partial charge in [0.05, 0.1) is 22.7 Å². The molecule has 2 aromatic heterocycles. The van der Waals surface area contributed by atoms with Gasteiger partial charge in [0.25, 0.3) is 5.91 Å². The molecule has 11 heteroatoms. The van der Waals surface area contributed by atoms with Crippen LogP contribution in [0.4, 0.5) is 8.78 Å². The van der Waals surface area contributed by atoms with Gasteiger partial charge in [0, 0.05) is 30.1 Å². The van der Waals surface area contributed by atoms with Gasteiger partial charge in [-0.2, -0.15) is 8.78 Å². The van der Waals surface area contributed by atoms with Crippen LogP contribution >= 0.6 is 0 Å². The fourth-order valence-corrected chi connectivity index (χ4v) is 5.82. The van der Waals surface area contributed by atoms with E-state index in [-0.39, 0.29) is 17.4 Å². The lowest BCUT2D eigenvalue weighted by molar-refractivity contribution is -0.0898. The molecule has 0 bridgehead atoms. The molecule has 0 unspecified atom stereocenters. The molecule has 2 aromatic carbocycles. The highest BCUT2D eigenvalue weighted by Crippen LogP contribution is 2.41. The number of benzene rings is 2. The van der Waals surface area contributed by atoms with Gasteiger partial charge in [0.2, 0.25) is 0 Å². The normalized spacial score (nSPS) is 24.0. The smallest absolute Gasteiger partial charge is 0.387 e. The summed E-state index contributed by atoms with van der Waals surface area (Å²) in [5, 5.41) is 24.6. The summed E-state index contributed by atoms with van der Waals surface area (Å²) in [6, 6.07) is 11.2. The van der Waals surface area contributed by atoms with Crippen molar-refractivity contribution in [2.75, 3.05) is 0 Å². The molecule has 0 spiro atoms. The number of carbonyl (C=O) groups excluding carboxylic acids is 1. The zero-order valence-electron chi connectivity index (χ0n) is 22.6. The van der Waals surface area contributed by atoms with Crippen molar-refractivity contribution in [2.45, 2.75) is 75.8 Å². The number of alkyl halides is 2. The molecule has 6 rings (SSSR count). The molecule has 3 N–H and O–H groups in total. The molecule has 3 heterocycles. The minimum Gasteiger partial charge on any atom is -0.435 e. The van der Waals surface area contributed by atoms with E-state index in [0.29, 0.717) is 50.9 Å². The topological polar surface area (TPSA) is 122 Å². The molecule has 214 valence electrons. The van der Waals surface area contributed by atoms with Gasteiger partial charge in [-0.25, -0.2) is 15.0 Å². The third-order valence-electron chi connectivity index (χ3n) is 8.42. The highest BCUT2D eigenvalue weighted by atomic mass is 19.3. The van der Waals surface area contributed by atoms with E-state index in [1.54, 1.807) is 18.5 Å². The summed E-state index contributed by atoms with van der Waals surface area (Å²) < 4.78 is 31.6. The largest absolute Gasteiger partial charge is 0.435 e. The van der Waals surface area contributed by atoms with Crippen molar-refractivity contribution in [1.82, 2.24) is 24.8 Å². The van der Waals surface area contributed by atoms with Crippen molar-refractivity contribution in [3.8, 4) is 16.9 Å². The summed E-state index contributed by atoms with van der Waals surface area (Å²) in [7, 11) is 0. The van der Waals surface area contributed by atoms with Crippen LogP contribution in [0, 0.1) is 0 Å². The van der Waals surface area contributed by atoms with Gasteiger partial charge >= 0.3 is 6.61 Å². The maximum absolute atomic E-state index is 12.9. The van der Waals surface area contributed by atoms with Crippen LogP contribution < -0.4 is 10.1 Å². The predicted molar refractivity (Wildman–Crippen MR) is 146 cm³/mol. The van der Waals surface area contributed by atoms with Crippen LogP contribution in [0.25, 0.3) is 22.2 Å². The summed E-state index contributed by atoms with van der Waals surface area (Å²) in [5.41, 5.74) is 1.74. The Morgan fingerprint density at radius 2 is 1.85 bits per heavy atom. The lowest BCUT2D eigenvalue weighted by Crippen LogP contribution is -2.41. The number of halogens is 2. The summed E-state index contributed by atoms with van der Waals surface area (Å²) >= 11 is 0. The van der Waals surface area contributed by atoms with Crippen molar-refractivity contribution in [3.05, 3.63) is 72.1 Å². The first-order chi connectivity index (χ1) is 19.7. The third-order valence-corrected chi connectivity index (χ3v) is 8.42. The molecule has 0 saturated heterocycles. The summed E-state index contributed by atoms with van der Waals surface area (Å²) in [5.74, 6) is 0.624. The second kappa shape index (κ2) is 10.5. The van der Waals surface area contributed by atoms with Crippen LogP contribution in [0.1, 0.15) is 73.5 Å². The first kappa shape index (κ1) is 27.2. The SMILES string of the molecule is CC[C@]1(O)CC[C@](O)(c2ncc(-c3ccc4nc5n(c4c3)CC[C@H]5NC(=O)c3cccc(OC(F)F)c3)cn2)CC1. The quantitative estimate of drug-likeness (QED) is 0.293. The van der Waals surface area contributed by atoms with Crippen LogP contribution in [0.3, 0.4) is 0 Å². The number of rotatable bonds is 7. The molecule has 1 aliphatic heterocycles. The Bertz CT molecular complexity index is 1580. The number of imidazole rings is 1. The lowest BCUT2D eigenvalue weighted by Gasteiger charge is -2.39. The molecule has 1 aliphatic carbocycles. The van der Waals surface area contributed by atoms with Gasteiger partial charge in [-0.15, -0.1) is 0 Å². The molecule has 41 heavy (non-hydrogen) atoms. The number of hydrogen-bond donors (Lipinski definition) is 3. The number of fused-ring (bicyclic) bond motifs is 3. The van der Waals surface area contributed by atoms with Crippen LogP contribution in [-0.2, 0) is 12.1 Å². The number of carbonyl (C=O) groups is 1. The molecule has 1 fully saturated rings. The van der Waals surface area contributed by atoms with Gasteiger partial charge in [-0.05, 0) is 74.4 Å². The van der Waals surface area contributed by atoms with Gasteiger partial charge in [-0.3, -0.25) is 4.79 Å². The second-order valence-corrected chi connectivity index (χ2v) is 11.0. The van der Waals surface area contributed by atoms with E-state index in [0.717, 1.165) is 28.0 Å². The van der Waals surface area contributed by atoms with E-state index >= 15 is 0 Å². The van der Waals surface area contributed by atoms with Crippen molar-refractivity contribution in [1.29, 1.82) is 0 Å². The van der Waals surface area contributed by atoms with E-state index in [1.165, 1.54) is 18.2 Å². The van der Waals surface area contributed by atoms with E-state index < -0.39 is 23.7 Å². The van der Waals surface area contributed by atoms with E-state index in [4.69, 9.17) is 4.98 Å². The standard InChI is InChI=1S/C30H31F2N5O4/c1-2-29(39)9-11-30(40,12-10-29)27-33-16-20(17-34-27)18-6-7-22-24(15-18)37-13-8-23(25(37)35-22)36-26(38)19-4-3-5-21(14-19)41-28(31)32/h3-7,14-17,23,28,39-40H,2,8-13H2,1H3,(H,36,38)/t23-,29-,30+/m1/s1. The average Bonchev–Trinajstić information content (AvgIpc) is 3.54. The van der Waals surface area contributed by atoms with Crippen molar-refractivity contribution < 1.29 is 28.5 Å². The predicted octanol–water partition coefficient (Wildman–Crippen LogP) is 4.87. The Morgan fingerprint density at radius 1 is 1.10 bits per heavy atom. The number of aromatic nitrogens is 4. The van der Waals surface area contributed by atoms with E-state index in [9.17, 15) is 23.8 Å². The van der Waals surface area contributed by atoms with Crippen molar-refractivity contribution >= 4 is 16.9 Å². The molecule has 1 atom stereocenters. The third kappa shape index (κ3) is 5.27. The zero-order chi connectivity index (χ0) is 28.8. The maximum Gasteiger partial charge on any atom is 0.387 e. The number of hydrogen-bond acceptors (Lipinski definition) is 7. The van der Waals surface area contributed by atoms with Crippen LogP contribution in [0.5, 0.6) is 5.75 Å². The van der Waals surface area contributed by atoms with Crippen molar-refractivity contribution in [2.24, 2.45) is 0 Å². The Balaban J connectivity index is 1.19. The molecule has 2 aliphatic rings. The number of nitrogens with one attached hydrogen (secondary N) is 1. The minimum atomic E-state index is -2.97. The minimum absolute atomic E-state index is 0.0765. The number of amides is 1. The Hall–Kier alpha value is -3.96. The second-order valence-electron chi connectivity index (χ2n) is 11.0. The molecular weight excluding hydrogens is 532 g/mol.